The molecule has 2 rings (SSSR count). The van der Waals surface area contributed by atoms with Crippen LogP contribution in [0.5, 0.6) is 0 Å². The van der Waals surface area contributed by atoms with Gasteiger partial charge in [0.05, 0.1) is 6.54 Å². The Morgan fingerprint density at radius 2 is 2.20 bits per heavy atom. The summed E-state index contributed by atoms with van der Waals surface area (Å²) < 4.78 is 37.2. The summed E-state index contributed by atoms with van der Waals surface area (Å²) >= 11 is 0. The van der Waals surface area contributed by atoms with Crippen molar-refractivity contribution in [2.75, 3.05) is 0 Å². The van der Waals surface area contributed by atoms with Crippen LogP contribution in [0.2, 0.25) is 0 Å². The molecule has 1 fully saturated rings. The Kier molecular flexibility index (Phi) is 2.64. The van der Waals surface area contributed by atoms with Crippen LogP contribution in [0.4, 0.5) is 13.2 Å². The van der Waals surface area contributed by atoms with Gasteiger partial charge in [0.1, 0.15) is 18.7 Å². The van der Waals surface area contributed by atoms with Crippen LogP contribution in [0.3, 0.4) is 0 Å². The first-order chi connectivity index (χ1) is 7.04. The van der Waals surface area contributed by atoms with E-state index in [1.807, 2.05) is 0 Å². The molecule has 1 saturated carbocycles. The van der Waals surface area contributed by atoms with Gasteiger partial charge in [-0.05, 0) is 12.8 Å². The number of alkyl halides is 3. The number of nitrogens with one attached hydrogen (secondary N) is 1. The van der Waals surface area contributed by atoms with Crippen LogP contribution in [-0.2, 0) is 13.1 Å². The summed E-state index contributed by atoms with van der Waals surface area (Å²) in [4.78, 5) is 3.79. The molecule has 1 aromatic heterocycles. The molecule has 0 bridgehead atoms. The minimum Gasteiger partial charge on any atom is -0.307 e. The number of hydrogen-bond donors (Lipinski definition) is 1. The van der Waals surface area contributed by atoms with E-state index >= 15 is 0 Å². The average molecular weight is 220 g/mol. The van der Waals surface area contributed by atoms with Crippen molar-refractivity contribution in [3.8, 4) is 0 Å². The molecule has 0 saturated heterocycles. The zero-order chi connectivity index (χ0) is 10.9. The van der Waals surface area contributed by atoms with Crippen LogP contribution in [0.15, 0.2) is 6.33 Å². The molecule has 1 aromatic rings. The predicted molar refractivity (Wildman–Crippen MR) is 45.9 cm³/mol. The van der Waals surface area contributed by atoms with Crippen molar-refractivity contribution in [1.29, 1.82) is 0 Å². The van der Waals surface area contributed by atoms with Crippen molar-refractivity contribution in [2.24, 2.45) is 0 Å². The van der Waals surface area contributed by atoms with Crippen LogP contribution in [-0.4, -0.2) is 27.0 Å². The van der Waals surface area contributed by atoms with Crippen molar-refractivity contribution in [3.63, 3.8) is 0 Å². The Morgan fingerprint density at radius 1 is 1.47 bits per heavy atom. The summed E-state index contributed by atoms with van der Waals surface area (Å²) in [6, 6.07) is 0.445. The van der Waals surface area contributed by atoms with E-state index in [0.717, 1.165) is 23.9 Å². The molecule has 0 aliphatic heterocycles. The van der Waals surface area contributed by atoms with Gasteiger partial charge in [-0.1, -0.05) is 0 Å². The van der Waals surface area contributed by atoms with E-state index in [2.05, 4.69) is 15.4 Å². The van der Waals surface area contributed by atoms with Crippen LogP contribution >= 0.6 is 0 Å². The van der Waals surface area contributed by atoms with Crippen LogP contribution in [0, 0.1) is 0 Å². The van der Waals surface area contributed by atoms with Crippen LogP contribution in [0.25, 0.3) is 0 Å². The highest BCUT2D eigenvalue weighted by molar-refractivity contribution is 4.89. The van der Waals surface area contributed by atoms with Gasteiger partial charge in [-0.25, -0.2) is 9.67 Å². The summed E-state index contributed by atoms with van der Waals surface area (Å²) in [6.07, 6.45) is -0.918. The fourth-order valence-corrected chi connectivity index (χ4v) is 1.25. The topological polar surface area (TPSA) is 42.7 Å². The summed E-state index contributed by atoms with van der Waals surface area (Å²) in [5.74, 6) is 0.333. The van der Waals surface area contributed by atoms with Gasteiger partial charge in [0.2, 0.25) is 0 Å². The van der Waals surface area contributed by atoms with Crippen molar-refractivity contribution < 1.29 is 13.2 Å². The molecule has 1 N–H and O–H groups in total. The second-order valence-electron chi connectivity index (χ2n) is 3.60. The van der Waals surface area contributed by atoms with Gasteiger partial charge in [0, 0.05) is 6.04 Å². The normalized spacial score (nSPS) is 17.0. The second kappa shape index (κ2) is 3.80. The summed E-state index contributed by atoms with van der Waals surface area (Å²) in [6.45, 7) is -0.727. The molecule has 4 nitrogen and oxygen atoms in total. The van der Waals surface area contributed by atoms with Gasteiger partial charge < -0.3 is 5.32 Å². The lowest BCUT2D eigenvalue weighted by molar-refractivity contribution is -0.143. The Labute approximate surface area is 84.5 Å². The van der Waals surface area contributed by atoms with Crippen molar-refractivity contribution >= 4 is 0 Å². The van der Waals surface area contributed by atoms with Crippen molar-refractivity contribution in [1.82, 2.24) is 20.1 Å². The van der Waals surface area contributed by atoms with Gasteiger partial charge in [0.15, 0.2) is 0 Å². The third-order valence-electron chi connectivity index (χ3n) is 2.15. The van der Waals surface area contributed by atoms with Crippen LogP contribution in [0.1, 0.15) is 18.7 Å². The summed E-state index contributed by atoms with van der Waals surface area (Å²) in [5, 5.41) is 6.64. The minimum atomic E-state index is -4.25. The van der Waals surface area contributed by atoms with Gasteiger partial charge >= 0.3 is 6.18 Å². The number of halogens is 3. The molecule has 15 heavy (non-hydrogen) atoms. The van der Waals surface area contributed by atoms with E-state index in [1.165, 1.54) is 0 Å². The lowest BCUT2D eigenvalue weighted by Gasteiger charge is -2.09. The summed E-state index contributed by atoms with van der Waals surface area (Å²) in [5.41, 5.74) is 0. The number of rotatable bonds is 4. The van der Waals surface area contributed by atoms with Crippen molar-refractivity contribution in [3.05, 3.63) is 12.2 Å². The molecule has 7 heteroatoms. The zero-order valence-corrected chi connectivity index (χ0v) is 7.96. The van der Waals surface area contributed by atoms with Crippen molar-refractivity contribution in [2.45, 2.75) is 38.1 Å². The third kappa shape index (κ3) is 3.19. The lowest BCUT2D eigenvalue weighted by atomic mass is 10.5. The molecule has 0 spiro atoms. The molecule has 0 atom stereocenters. The van der Waals surface area contributed by atoms with E-state index in [0.29, 0.717) is 18.4 Å². The largest absolute Gasteiger partial charge is 0.408 e. The van der Waals surface area contributed by atoms with E-state index in [9.17, 15) is 13.2 Å². The van der Waals surface area contributed by atoms with Gasteiger partial charge in [-0.3, -0.25) is 0 Å². The van der Waals surface area contributed by atoms with Gasteiger partial charge in [-0.2, -0.15) is 18.3 Å². The third-order valence-corrected chi connectivity index (χ3v) is 2.15. The van der Waals surface area contributed by atoms with E-state index in [1.54, 1.807) is 0 Å². The highest BCUT2D eigenvalue weighted by Gasteiger charge is 2.30. The first kappa shape index (κ1) is 10.4. The van der Waals surface area contributed by atoms with Gasteiger partial charge in [0.25, 0.3) is 0 Å². The second-order valence-corrected chi connectivity index (χ2v) is 3.60. The lowest BCUT2D eigenvalue weighted by Crippen LogP contribution is -2.24. The highest BCUT2D eigenvalue weighted by Crippen LogP contribution is 2.20. The molecule has 0 aromatic carbocycles. The highest BCUT2D eigenvalue weighted by atomic mass is 19.4. The van der Waals surface area contributed by atoms with E-state index in [4.69, 9.17) is 0 Å². The Morgan fingerprint density at radius 3 is 2.80 bits per heavy atom. The molecule has 0 radical (unpaired) electrons. The molecule has 0 unspecified atom stereocenters. The molecular formula is C8H11F3N4. The number of nitrogens with zero attached hydrogens (tertiary/aromatic N) is 3. The SMILES string of the molecule is FC(F)(F)Cn1ncnc1CNC1CC1. The molecule has 1 heterocycles. The standard InChI is InChI=1S/C8H11F3N4/c9-8(10,11)4-15-7(13-5-14-15)3-12-6-1-2-6/h5-6,12H,1-4H2. The minimum absolute atomic E-state index is 0.333. The maximum Gasteiger partial charge on any atom is 0.408 e. The fourth-order valence-electron chi connectivity index (χ4n) is 1.25. The Balaban J connectivity index is 1.94. The maximum absolute atomic E-state index is 12.1. The van der Waals surface area contributed by atoms with E-state index in [-0.39, 0.29) is 0 Å². The first-order valence-electron chi connectivity index (χ1n) is 4.71. The predicted octanol–water partition coefficient (Wildman–Crippen LogP) is 1.09. The molecule has 1 aliphatic carbocycles. The fraction of sp³-hybridized carbons (Fsp3) is 0.750. The average Bonchev–Trinajstić information content (AvgIpc) is 2.84. The Hall–Kier alpha value is -1.11. The maximum atomic E-state index is 12.1. The summed E-state index contributed by atoms with van der Waals surface area (Å²) in [7, 11) is 0. The number of hydrogen-bond acceptors (Lipinski definition) is 3. The molecule has 84 valence electrons. The van der Waals surface area contributed by atoms with Gasteiger partial charge in [-0.15, -0.1) is 0 Å². The first-order valence-corrected chi connectivity index (χ1v) is 4.71. The molecule has 1 aliphatic rings. The zero-order valence-electron chi connectivity index (χ0n) is 7.96. The molecule has 0 amide bonds. The Bertz CT molecular complexity index is 329. The van der Waals surface area contributed by atoms with Crippen LogP contribution < -0.4 is 5.32 Å². The smallest absolute Gasteiger partial charge is 0.307 e. The number of aromatic nitrogens is 3. The monoisotopic (exact) mass is 220 g/mol. The van der Waals surface area contributed by atoms with E-state index < -0.39 is 12.7 Å². The molecular weight excluding hydrogens is 209 g/mol. The quantitative estimate of drug-likeness (QED) is 0.826.